The van der Waals surface area contributed by atoms with Crippen molar-refractivity contribution in [2.45, 2.75) is 19.4 Å². The van der Waals surface area contributed by atoms with E-state index in [0.717, 1.165) is 36.9 Å². The van der Waals surface area contributed by atoms with Crippen LogP contribution in [0.5, 0.6) is 11.5 Å². The lowest BCUT2D eigenvalue weighted by molar-refractivity contribution is -0.121. The van der Waals surface area contributed by atoms with Gasteiger partial charge in [-0.05, 0) is 55.8 Å². The van der Waals surface area contributed by atoms with Crippen molar-refractivity contribution in [3.05, 3.63) is 52.5 Å². The van der Waals surface area contributed by atoms with E-state index in [-0.39, 0.29) is 11.8 Å². The molecule has 144 valence electrons. The van der Waals surface area contributed by atoms with E-state index >= 15 is 0 Å². The largest absolute Gasteiger partial charge is 0.497 e. The quantitative estimate of drug-likeness (QED) is 0.738. The van der Waals surface area contributed by atoms with Gasteiger partial charge in [0.15, 0.2) is 0 Å². The van der Waals surface area contributed by atoms with Gasteiger partial charge in [0.25, 0.3) is 0 Å². The summed E-state index contributed by atoms with van der Waals surface area (Å²) in [6.07, 6.45) is 1.72. The maximum Gasteiger partial charge on any atom is 0.227 e. The van der Waals surface area contributed by atoms with Crippen molar-refractivity contribution in [2.24, 2.45) is 5.92 Å². The molecular weight excluding hydrogens is 408 g/mol. The van der Waals surface area contributed by atoms with Gasteiger partial charge in [0, 0.05) is 23.0 Å². The maximum atomic E-state index is 12.7. The van der Waals surface area contributed by atoms with Gasteiger partial charge in [-0.1, -0.05) is 28.1 Å². The molecule has 0 bridgehead atoms. The van der Waals surface area contributed by atoms with Crippen molar-refractivity contribution in [1.82, 2.24) is 4.90 Å². The zero-order chi connectivity index (χ0) is 19.2. The molecule has 1 saturated heterocycles. The molecule has 1 heterocycles. The standard InChI is InChI=1S/C21H25BrN2O3/c1-26-18-7-8-19(20(13-18)27-2)23-21(25)16-9-11-24(12-10-16)14-15-3-5-17(22)6-4-15/h3-8,13,16H,9-12,14H2,1-2H3,(H,23,25). The van der Waals surface area contributed by atoms with Crippen molar-refractivity contribution in [1.29, 1.82) is 0 Å². The molecule has 5 nitrogen and oxygen atoms in total. The van der Waals surface area contributed by atoms with Crippen molar-refractivity contribution in [2.75, 3.05) is 32.6 Å². The summed E-state index contributed by atoms with van der Waals surface area (Å²) in [5.74, 6) is 1.39. The Morgan fingerprint density at radius 3 is 2.44 bits per heavy atom. The van der Waals surface area contributed by atoms with Crippen LogP contribution < -0.4 is 14.8 Å². The normalized spacial score (nSPS) is 15.4. The second-order valence-corrected chi connectivity index (χ2v) is 7.65. The van der Waals surface area contributed by atoms with Gasteiger partial charge >= 0.3 is 0 Å². The molecule has 2 aromatic carbocycles. The first-order chi connectivity index (χ1) is 13.1. The van der Waals surface area contributed by atoms with Crippen LogP contribution in [-0.4, -0.2) is 38.1 Å². The van der Waals surface area contributed by atoms with Gasteiger partial charge < -0.3 is 14.8 Å². The molecule has 1 aliphatic rings. The van der Waals surface area contributed by atoms with E-state index in [9.17, 15) is 4.79 Å². The van der Waals surface area contributed by atoms with Gasteiger partial charge in [-0.3, -0.25) is 9.69 Å². The van der Waals surface area contributed by atoms with E-state index in [1.807, 2.05) is 12.1 Å². The number of nitrogens with zero attached hydrogens (tertiary/aromatic N) is 1. The monoisotopic (exact) mass is 432 g/mol. The molecule has 2 aromatic rings. The highest BCUT2D eigenvalue weighted by Crippen LogP contribution is 2.30. The molecule has 0 radical (unpaired) electrons. The number of hydrogen-bond donors (Lipinski definition) is 1. The lowest BCUT2D eigenvalue weighted by atomic mass is 9.95. The molecule has 1 amide bonds. The van der Waals surface area contributed by atoms with E-state index < -0.39 is 0 Å². The Kier molecular flexibility index (Phi) is 6.74. The first-order valence-electron chi connectivity index (χ1n) is 9.08. The maximum absolute atomic E-state index is 12.7. The van der Waals surface area contributed by atoms with Gasteiger partial charge in [0.1, 0.15) is 11.5 Å². The van der Waals surface area contributed by atoms with Crippen LogP contribution in [0.1, 0.15) is 18.4 Å². The van der Waals surface area contributed by atoms with E-state index in [0.29, 0.717) is 17.2 Å². The minimum absolute atomic E-state index is 0.0259. The van der Waals surface area contributed by atoms with Crippen molar-refractivity contribution in [3.63, 3.8) is 0 Å². The first-order valence-corrected chi connectivity index (χ1v) is 9.88. The lowest BCUT2D eigenvalue weighted by Gasteiger charge is -2.31. The Labute approximate surface area is 168 Å². The average Bonchev–Trinajstić information content (AvgIpc) is 2.70. The summed E-state index contributed by atoms with van der Waals surface area (Å²) in [5.41, 5.74) is 1.98. The summed E-state index contributed by atoms with van der Waals surface area (Å²) >= 11 is 3.47. The number of hydrogen-bond acceptors (Lipinski definition) is 4. The van der Waals surface area contributed by atoms with Crippen LogP contribution in [-0.2, 0) is 11.3 Å². The van der Waals surface area contributed by atoms with E-state index in [1.165, 1.54) is 5.56 Å². The molecule has 0 aromatic heterocycles. The Hall–Kier alpha value is -2.05. The van der Waals surface area contributed by atoms with Gasteiger partial charge in [0.05, 0.1) is 19.9 Å². The number of nitrogens with one attached hydrogen (secondary N) is 1. The van der Waals surface area contributed by atoms with Gasteiger partial charge in [0.2, 0.25) is 5.91 Å². The number of carbonyl (C=O) groups is 1. The minimum atomic E-state index is 0.0259. The molecular formula is C21H25BrN2O3. The summed E-state index contributed by atoms with van der Waals surface area (Å²) < 4.78 is 11.7. The Bertz CT molecular complexity index is 771. The SMILES string of the molecule is COc1ccc(NC(=O)C2CCN(Cc3ccc(Br)cc3)CC2)c(OC)c1. The molecule has 0 saturated carbocycles. The van der Waals surface area contributed by atoms with Crippen LogP contribution in [0.2, 0.25) is 0 Å². The predicted molar refractivity (Wildman–Crippen MR) is 110 cm³/mol. The zero-order valence-corrected chi connectivity index (χ0v) is 17.3. The molecule has 1 N–H and O–H groups in total. The second kappa shape index (κ2) is 9.24. The van der Waals surface area contributed by atoms with Gasteiger partial charge in [-0.15, -0.1) is 0 Å². The van der Waals surface area contributed by atoms with E-state index in [1.54, 1.807) is 20.3 Å². The fraction of sp³-hybridized carbons (Fsp3) is 0.381. The molecule has 1 aliphatic heterocycles. The zero-order valence-electron chi connectivity index (χ0n) is 15.7. The number of methoxy groups -OCH3 is 2. The molecule has 27 heavy (non-hydrogen) atoms. The first kappa shape index (κ1) is 19.7. The van der Waals surface area contributed by atoms with E-state index in [2.05, 4.69) is 50.4 Å². The van der Waals surface area contributed by atoms with E-state index in [4.69, 9.17) is 9.47 Å². The second-order valence-electron chi connectivity index (χ2n) is 6.73. The summed E-state index contributed by atoms with van der Waals surface area (Å²) in [6.45, 7) is 2.77. The summed E-state index contributed by atoms with van der Waals surface area (Å²) in [5, 5.41) is 3.01. The third kappa shape index (κ3) is 5.23. The molecule has 0 atom stereocenters. The molecule has 0 unspecified atom stereocenters. The highest BCUT2D eigenvalue weighted by atomic mass is 79.9. The molecule has 6 heteroatoms. The number of ether oxygens (including phenoxy) is 2. The fourth-order valence-electron chi connectivity index (χ4n) is 3.34. The summed E-state index contributed by atoms with van der Waals surface area (Å²) in [6, 6.07) is 13.8. The number of amides is 1. The molecule has 1 fully saturated rings. The third-order valence-corrected chi connectivity index (χ3v) is 5.47. The Balaban J connectivity index is 1.53. The highest BCUT2D eigenvalue weighted by molar-refractivity contribution is 9.10. The number of likely N-dealkylation sites (tertiary alicyclic amines) is 1. The average molecular weight is 433 g/mol. The van der Waals surface area contributed by atoms with Crippen LogP contribution in [0.25, 0.3) is 0 Å². The third-order valence-electron chi connectivity index (χ3n) is 4.94. The topological polar surface area (TPSA) is 50.8 Å². The van der Waals surface area contributed by atoms with Crippen LogP contribution in [0.3, 0.4) is 0 Å². The number of anilines is 1. The molecule has 0 spiro atoms. The smallest absolute Gasteiger partial charge is 0.227 e. The van der Waals surface area contributed by atoms with Gasteiger partial charge in [-0.25, -0.2) is 0 Å². The number of carbonyl (C=O) groups excluding carboxylic acids is 1. The van der Waals surface area contributed by atoms with Crippen LogP contribution in [0.4, 0.5) is 5.69 Å². The lowest BCUT2D eigenvalue weighted by Crippen LogP contribution is -2.37. The number of halogens is 1. The van der Waals surface area contributed by atoms with Crippen LogP contribution in [0.15, 0.2) is 46.9 Å². The Morgan fingerprint density at radius 2 is 1.81 bits per heavy atom. The summed E-state index contributed by atoms with van der Waals surface area (Å²) in [4.78, 5) is 15.1. The van der Waals surface area contributed by atoms with Crippen LogP contribution >= 0.6 is 15.9 Å². The fourth-order valence-corrected chi connectivity index (χ4v) is 3.60. The highest BCUT2D eigenvalue weighted by Gasteiger charge is 2.25. The minimum Gasteiger partial charge on any atom is -0.497 e. The number of piperidine rings is 1. The number of benzene rings is 2. The Morgan fingerprint density at radius 1 is 1.11 bits per heavy atom. The van der Waals surface area contributed by atoms with Gasteiger partial charge in [-0.2, -0.15) is 0 Å². The van der Waals surface area contributed by atoms with Crippen molar-refractivity contribution in [3.8, 4) is 11.5 Å². The van der Waals surface area contributed by atoms with Crippen molar-refractivity contribution < 1.29 is 14.3 Å². The van der Waals surface area contributed by atoms with Crippen molar-refractivity contribution >= 4 is 27.5 Å². The summed E-state index contributed by atoms with van der Waals surface area (Å²) in [7, 11) is 3.19. The molecule has 0 aliphatic carbocycles. The van der Waals surface area contributed by atoms with Crippen LogP contribution in [0, 0.1) is 5.92 Å². The number of rotatable bonds is 6. The predicted octanol–water partition coefficient (Wildman–Crippen LogP) is 4.32. The molecule has 3 rings (SSSR count).